The summed E-state index contributed by atoms with van der Waals surface area (Å²) in [5, 5.41) is 9.05. The van der Waals surface area contributed by atoms with Crippen LogP contribution in [0.15, 0.2) is 54.6 Å². The van der Waals surface area contributed by atoms with Crippen LogP contribution in [-0.4, -0.2) is 36.2 Å². The summed E-state index contributed by atoms with van der Waals surface area (Å²) in [6.45, 7) is 2.36. The highest BCUT2D eigenvalue weighted by atomic mass is 16.5. The number of likely N-dealkylation sites (tertiary alicyclic amines) is 1. The van der Waals surface area contributed by atoms with Gasteiger partial charge in [0, 0.05) is 26.7 Å². The standard InChI is InChI=1S/C18H19NO3/c1-22-18(16-8-3-2-4-9-16)12-19(13-18)11-14-6-5-7-15(10-14)17(20)21/h2-10H,11-13H2,1H3,(H,20,21). The lowest BCUT2D eigenvalue weighted by Gasteiger charge is -2.49. The topological polar surface area (TPSA) is 49.8 Å². The fourth-order valence-corrected chi connectivity index (χ4v) is 3.02. The van der Waals surface area contributed by atoms with Gasteiger partial charge >= 0.3 is 5.97 Å². The third kappa shape index (κ3) is 2.75. The largest absolute Gasteiger partial charge is 0.478 e. The van der Waals surface area contributed by atoms with E-state index in [2.05, 4.69) is 17.0 Å². The molecule has 0 radical (unpaired) electrons. The summed E-state index contributed by atoms with van der Waals surface area (Å²) in [5.74, 6) is -0.888. The van der Waals surface area contributed by atoms with Crippen molar-refractivity contribution in [1.29, 1.82) is 0 Å². The van der Waals surface area contributed by atoms with Crippen LogP contribution in [-0.2, 0) is 16.9 Å². The third-order valence-electron chi connectivity index (χ3n) is 4.23. The molecule has 22 heavy (non-hydrogen) atoms. The molecule has 4 heteroatoms. The van der Waals surface area contributed by atoms with Gasteiger partial charge in [-0.15, -0.1) is 0 Å². The number of carbonyl (C=O) groups is 1. The van der Waals surface area contributed by atoms with E-state index < -0.39 is 5.97 Å². The summed E-state index contributed by atoms with van der Waals surface area (Å²) in [4.78, 5) is 13.3. The molecular weight excluding hydrogens is 278 g/mol. The molecule has 0 spiro atoms. The first kappa shape index (κ1) is 14.8. The predicted molar refractivity (Wildman–Crippen MR) is 83.8 cm³/mol. The van der Waals surface area contributed by atoms with Gasteiger partial charge in [0.25, 0.3) is 0 Å². The Morgan fingerprint density at radius 2 is 1.91 bits per heavy atom. The SMILES string of the molecule is COC1(c2ccccc2)CN(Cc2cccc(C(=O)O)c2)C1. The van der Waals surface area contributed by atoms with Crippen LogP contribution >= 0.6 is 0 Å². The smallest absolute Gasteiger partial charge is 0.335 e. The highest BCUT2D eigenvalue weighted by Crippen LogP contribution is 2.36. The number of carboxylic acids is 1. The van der Waals surface area contributed by atoms with E-state index in [1.807, 2.05) is 24.3 Å². The van der Waals surface area contributed by atoms with Crippen LogP contribution in [0.4, 0.5) is 0 Å². The molecule has 2 aromatic carbocycles. The van der Waals surface area contributed by atoms with E-state index in [4.69, 9.17) is 9.84 Å². The number of carboxylic acid groups (broad SMARTS) is 1. The number of rotatable bonds is 5. The van der Waals surface area contributed by atoms with Crippen molar-refractivity contribution < 1.29 is 14.6 Å². The first-order chi connectivity index (χ1) is 10.6. The normalized spacial score (nSPS) is 17.0. The molecule has 4 nitrogen and oxygen atoms in total. The van der Waals surface area contributed by atoms with Gasteiger partial charge in [0.1, 0.15) is 5.60 Å². The van der Waals surface area contributed by atoms with Crippen LogP contribution in [0.5, 0.6) is 0 Å². The Bertz CT molecular complexity index is 663. The van der Waals surface area contributed by atoms with Gasteiger partial charge in [-0.25, -0.2) is 4.79 Å². The zero-order valence-electron chi connectivity index (χ0n) is 12.5. The first-order valence-corrected chi connectivity index (χ1v) is 7.28. The summed E-state index contributed by atoms with van der Waals surface area (Å²) in [6, 6.07) is 17.3. The Kier molecular flexibility index (Phi) is 3.96. The summed E-state index contributed by atoms with van der Waals surface area (Å²) in [5.41, 5.74) is 2.29. The molecule has 2 aromatic rings. The minimum absolute atomic E-state index is 0.244. The van der Waals surface area contributed by atoms with Crippen molar-refractivity contribution in [2.24, 2.45) is 0 Å². The number of aromatic carboxylic acids is 1. The van der Waals surface area contributed by atoms with Gasteiger partial charge in [-0.1, -0.05) is 42.5 Å². The number of hydrogen-bond donors (Lipinski definition) is 1. The molecule has 0 bridgehead atoms. The molecule has 1 aliphatic heterocycles. The zero-order valence-corrected chi connectivity index (χ0v) is 12.5. The average molecular weight is 297 g/mol. The van der Waals surface area contributed by atoms with E-state index in [0.717, 1.165) is 25.2 Å². The van der Waals surface area contributed by atoms with Crippen molar-refractivity contribution in [2.45, 2.75) is 12.1 Å². The van der Waals surface area contributed by atoms with Crippen LogP contribution in [0.3, 0.4) is 0 Å². The van der Waals surface area contributed by atoms with Gasteiger partial charge in [0.05, 0.1) is 5.56 Å². The molecule has 0 aromatic heterocycles. The number of ether oxygens (including phenoxy) is 1. The van der Waals surface area contributed by atoms with E-state index in [-0.39, 0.29) is 5.60 Å². The molecule has 1 N–H and O–H groups in total. The lowest BCUT2D eigenvalue weighted by molar-refractivity contribution is -0.134. The minimum Gasteiger partial charge on any atom is -0.478 e. The maximum atomic E-state index is 11.0. The second-order valence-corrected chi connectivity index (χ2v) is 5.72. The van der Waals surface area contributed by atoms with Crippen molar-refractivity contribution in [1.82, 2.24) is 4.90 Å². The van der Waals surface area contributed by atoms with Gasteiger partial charge in [-0.05, 0) is 23.3 Å². The van der Waals surface area contributed by atoms with Gasteiger partial charge < -0.3 is 9.84 Å². The van der Waals surface area contributed by atoms with Crippen molar-refractivity contribution in [3.63, 3.8) is 0 Å². The Labute approximate surface area is 130 Å². The Balaban J connectivity index is 1.68. The number of benzene rings is 2. The molecule has 3 rings (SSSR count). The molecule has 1 fully saturated rings. The zero-order chi connectivity index (χ0) is 15.6. The lowest BCUT2D eigenvalue weighted by Crippen LogP contribution is -2.59. The van der Waals surface area contributed by atoms with Crippen molar-refractivity contribution >= 4 is 5.97 Å². The highest BCUT2D eigenvalue weighted by Gasteiger charge is 2.44. The van der Waals surface area contributed by atoms with Gasteiger partial charge in [0.15, 0.2) is 0 Å². The average Bonchev–Trinajstić information content (AvgIpc) is 2.51. The van der Waals surface area contributed by atoms with Gasteiger partial charge in [-0.2, -0.15) is 0 Å². The minimum atomic E-state index is -0.888. The molecule has 0 saturated carbocycles. The summed E-state index contributed by atoms with van der Waals surface area (Å²) < 4.78 is 5.75. The molecule has 1 saturated heterocycles. The summed E-state index contributed by atoms with van der Waals surface area (Å²) in [6.07, 6.45) is 0. The lowest BCUT2D eigenvalue weighted by atomic mass is 9.85. The van der Waals surface area contributed by atoms with Crippen molar-refractivity contribution in [3.05, 3.63) is 71.3 Å². The Hall–Kier alpha value is -2.17. The fraction of sp³-hybridized carbons (Fsp3) is 0.278. The van der Waals surface area contributed by atoms with E-state index >= 15 is 0 Å². The van der Waals surface area contributed by atoms with E-state index in [9.17, 15) is 4.79 Å². The Morgan fingerprint density at radius 1 is 1.18 bits per heavy atom. The predicted octanol–water partition coefficient (Wildman–Crippen LogP) is 2.74. The molecular formula is C18H19NO3. The number of nitrogens with zero attached hydrogens (tertiary/aromatic N) is 1. The maximum Gasteiger partial charge on any atom is 0.335 e. The van der Waals surface area contributed by atoms with Crippen LogP contribution in [0, 0.1) is 0 Å². The third-order valence-corrected chi connectivity index (χ3v) is 4.23. The second-order valence-electron chi connectivity index (χ2n) is 5.72. The number of methoxy groups -OCH3 is 1. The molecule has 0 unspecified atom stereocenters. The first-order valence-electron chi connectivity index (χ1n) is 7.28. The maximum absolute atomic E-state index is 11.0. The van der Waals surface area contributed by atoms with Crippen molar-refractivity contribution in [2.75, 3.05) is 20.2 Å². The van der Waals surface area contributed by atoms with E-state index in [0.29, 0.717) is 5.56 Å². The van der Waals surface area contributed by atoms with E-state index in [1.165, 1.54) is 5.56 Å². The monoisotopic (exact) mass is 297 g/mol. The van der Waals surface area contributed by atoms with Gasteiger partial charge in [0.2, 0.25) is 0 Å². The summed E-state index contributed by atoms with van der Waals surface area (Å²) >= 11 is 0. The molecule has 114 valence electrons. The molecule has 1 aliphatic rings. The quantitative estimate of drug-likeness (QED) is 0.922. The number of hydrogen-bond acceptors (Lipinski definition) is 3. The van der Waals surface area contributed by atoms with Crippen LogP contribution in [0.25, 0.3) is 0 Å². The molecule has 0 amide bonds. The molecule has 1 heterocycles. The van der Waals surface area contributed by atoms with Crippen molar-refractivity contribution in [3.8, 4) is 0 Å². The summed E-state index contributed by atoms with van der Waals surface area (Å²) in [7, 11) is 1.75. The van der Waals surface area contributed by atoms with Crippen LogP contribution < -0.4 is 0 Å². The molecule has 0 atom stereocenters. The second kappa shape index (κ2) is 5.91. The van der Waals surface area contributed by atoms with Crippen LogP contribution in [0.1, 0.15) is 21.5 Å². The fourth-order valence-electron chi connectivity index (χ4n) is 3.02. The van der Waals surface area contributed by atoms with Crippen LogP contribution in [0.2, 0.25) is 0 Å². The molecule has 0 aliphatic carbocycles. The van der Waals surface area contributed by atoms with E-state index in [1.54, 1.807) is 25.3 Å². The highest BCUT2D eigenvalue weighted by molar-refractivity contribution is 5.87. The Morgan fingerprint density at radius 3 is 2.55 bits per heavy atom. The van der Waals surface area contributed by atoms with Gasteiger partial charge in [-0.3, -0.25) is 4.90 Å².